The summed E-state index contributed by atoms with van der Waals surface area (Å²) in [6.45, 7) is 0.220. The molecule has 0 unspecified atom stereocenters. The zero-order valence-corrected chi connectivity index (χ0v) is 10.1. The molecule has 18 heavy (non-hydrogen) atoms. The van der Waals surface area contributed by atoms with Crippen molar-refractivity contribution in [3.63, 3.8) is 0 Å². The Bertz CT molecular complexity index is 448. The van der Waals surface area contributed by atoms with Gasteiger partial charge in [-0.05, 0) is 49.8 Å². The highest BCUT2D eigenvalue weighted by atomic mass is 19.1. The summed E-state index contributed by atoms with van der Waals surface area (Å²) in [7, 11) is 0. The lowest BCUT2D eigenvalue weighted by atomic mass is 9.88. The Morgan fingerprint density at radius 3 is 2.61 bits per heavy atom. The topological polar surface area (TPSA) is 53.2 Å². The van der Waals surface area contributed by atoms with Gasteiger partial charge in [-0.1, -0.05) is 0 Å². The number of nitrogens with zero attached hydrogens (tertiary/aromatic N) is 1. The van der Waals surface area contributed by atoms with Gasteiger partial charge in [-0.25, -0.2) is 4.39 Å². The lowest BCUT2D eigenvalue weighted by Crippen LogP contribution is -2.25. The summed E-state index contributed by atoms with van der Waals surface area (Å²) in [6.07, 6.45) is 3.52. The molecule has 2 rings (SSSR count). The van der Waals surface area contributed by atoms with E-state index in [1.165, 1.54) is 12.1 Å². The standard InChI is InChI=1S/C14H16FNO2/c15-13-7-11(8-16)3-6-14(13)18-12-4-1-10(9-17)2-5-12/h3,6-7,10,12,17H,1-2,4-5,9H2. The molecule has 1 saturated carbocycles. The number of ether oxygens (including phenoxy) is 1. The van der Waals surface area contributed by atoms with Gasteiger partial charge in [0.2, 0.25) is 0 Å². The molecule has 4 heteroatoms. The first-order valence-electron chi connectivity index (χ1n) is 6.20. The second-order valence-electron chi connectivity index (χ2n) is 4.70. The second kappa shape index (κ2) is 5.83. The monoisotopic (exact) mass is 249 g/mol. The van der Waals surface area contributed by atoms with Crippen LogP contribution in [0.4, 0.5) is 4.39 Å². The van der Waals surface area contributed by atoms with Crippen molar-refractivity contribution in [3.8, 4) is 11.8 Å². The third-order valence-corrected chi connectivity index (χ3v) is 3.41. The van der Waals surface area contributed by atoms with Gasteiger partial charge in [0.25, 0.3) is 0 Å². The molecular weight excluding hydrogens is 233 g/mol. The van der Waals surface area contributed by atoms with Crippen LogP contribution >= 0.6 is 0 Å². The number of halogens is 1. The zero-order chi connectivity index (χ0) is 13.0. The van der Waals surface area contributed by atoms with Crippen LogP contribution in [-0.4, -0.2) is 17.8 Å². The Morgan fingerprint density at radius 2 is 2.06 bits per heavy atom. The summed E-state index contributed by atoms with van der Waals surface area (Å²) in [4.78, 5) is 0. The normalized spacial score (nSPS) is 23.4. The highest BCUT2D eigenvalue weighted by Crippen LogP contribution is 2.28. The third-order valence-electron chi connectivity index (χ3n) is 3.41. The van der Waals surface area contributed by atoms with Crippen LogP contribution in [0.3, 0.4) is 0 Å². The van der Waals surface area contributed by atoms with Crippen LogP contribution < -0.4 is 4.74 Å². The van der Waals surface area contributed by atoms with E-state index in [1.807, 2.05) is 6.07 Å². The number of hydrogen-bond donors (Lipinski definition) is 1. The van der Waals surface area contributed by atoms with E-state index in [4.69, 9.17) is 15.1 Å². The van der Waals surface area contributed by atoms with Gasteiger partial charge in [-0.2, -0.15) is 5.26 Å². The molecule has 0 amide bonds. The largest absolute Gasteiger partial charge is 0.487 e. The molecule has 0 aromatic heterocycles. The van der Waals surface area contributed by atoms with E-state index in [0.717, 1.165) is 25.7 Å². The molecule has 0 atom stereocenters. The van der Waals surface area contributed by atoms with Crippen LogP contribution in [0.5, 0.6) is 5.75 Å². The number of benzene rings is 1. The summed E-state index contributed by atoms with van der Waals surface area (Å²) in [5.41, 5.74) is 0.295. The minimum absolute atomic E-state index is 0.00948. The van der Waals surface area contributed by atoms with Crippen LogP contribution in [0, 0.1) is 23.1 Å². The highest BCUT2D eigenvalue weighted by molar-refractivity contribution is 5.36. The number of aliphatic hydroxyl groups is 1. The highest BCUT2D eigenvalue weighted by Gasteiger charge is 2.22. The van der Waals surface area contributed by atoms with Crippen molar-refractivity contribution >= 4 is 0 Å². The number of hydrogen-bond acceptors (Lipinski definition) is 3. The lowest BCUT2D eigenvalue weighted by molar-refractivity contribution is 0.101. The molecule has 1 aromatic rings. The molecule has 96 valence electrons. The molecule has 3 nitrogen and oxygen atoms in total. The van der Waals surface area contributed by atoms with E-state index in [1.54, 1.807) is 6.07 Å². The average molecular weight is 249 g/mol. The summed E-state index contributed by atoms with van der Waals surface area (Å²) >= 11 is 0. The van der Waals surface area contributed by atoms with Crippen LogP contribution in [0.2, 0.25) is 0 Å². The van der Waals surface area contributed by atoms with Gasteiger partial charge in [0, 0.05) is 6.61 Å². The molecule has 1 N–H and O–H groups in total. The van der Waals surface area contributed by atoms with Crippen LogP contribution in [0.1, 0.15) is 31.2 Å². The predicted molar refractivity (Wildman–Crippen MR) is 64.6 cm³/mol. The molecule has 0 heterocycles. The van der Waals surface area contributed by atoms with Crippen molar-refractivity contribution in [1.29, 1.82) is 5.26 Å². The van der Waals surface area contributed by atoms with Gasteiger partial charge in [0.1, 0.15) is 0 Å². The minimum atomic E-state index is -0.488. The van der Waals surface area contributed by atoms with Crippen LogP contribution in [0.15, 0.2) is 18.2 Å². The summed E-state index contributed by atoms with van der Waals surface area (Å²) < 4.78 is 19.2. The number of aliphatic hydroxyl groups excluding tert-OH is 1. The van der Waals surface area contributed by atoms with Crippen molar-refractivity contribution in [3.05, 3.63) is 29.6 Å². The maximum Gasteiger partial charge on any atom is 0.166 e. The Kier molecular flexibility index (Phi) is 4.16. The molecule has 1 aliphatic carbocycles. The van der Waals surface area contributed by atoms with Gasteiger partial charge in [-0.15, -0.1) is 0 Å². The van der Waals surface area contributed by atoms with E-state index < -0.39 is 5.82 Å². The van der Waals surface area contributed by atoms with Gasteiger partial charge >= 0.3 is 0 Å². The fourth-order valence-corrected chi connectivity index (χ4v) is 2.28. The Morgan fingerprint density at radius 1 is 1.33 bits per heavy atom. The predicted octanol–water partition coefficient (Wildman–Crippen LogP) is 2.63. The Labute approximate surface area is 106 Å². The van der Waals surface area contributed by atoms with Gasteiger partial charge in [0.05, 0.1) is 17.7 Å². The van der Waals surface area contributed by atoms with Crippen molar-refractivity contribution in [2.45, 2.75) is 31.8 Å². The molecule has 1 fully saturated rings. The van der Waals surface area contributed by atoms with Gasteiger partial charge < -0.3 is 9.84 Å². The fraction of sp³-hybridized carbons (Fsp3) is 0.500. The van der Waals surface area contributed by atoms with Crippen LogP contribution in [-0.2, 0) is 0 Å². The first-order chi connectivity index (χ1) is 8.72. The summed E-state index contributed by atoms with van der Waals surface area (Å²) in [5.74, 6) is 0.0791. The summed E-state index contributed by atoms with van der Waals surface area (Å²) in [6, 6.07) is 6.14. The SMILES string of the molecule is N#Cc1ccc(OC2CCC(CO)CC2)c(F)c1. The Hall–Kier alpha value is -1.60. The number of nitriles is 1. The third kappa shape index (κ3) is 2.99. The van der Waals surface area contributed by atoms with E-state index in [2.05, 4.69) is 0 Å². The smallest absolute Gasteiger partial charge is 0.166 e. The van der Waals surface area contributed by atoms with E-state index >= 15 is 0 Å². The van der Waals surface area contributed by atoms with E-state index in [9.17, 15) is 4.39 Å². The molecule has 1 aromatic carbocycles. The molecular formula is C14H16FNO2. The molecule has 0 spiro atoms. The molecule has 0 bridgehead atoms. The van der Waals surface area contributed by atoms with Gasteiger partial charge in [-0.3, -0.25) is 0 Å². The maximum atomic E-state index is 13.6. The van der Waals surface area contributed by atoms with E-state index in [0.29, 0.717) is 11.5 Å². The number of rotatable bonds is 3. The maximum absolute atomic E-state index is 13.6. The summed E-state index contributed by atoms with van der Waals surface area (Å²) in [5, 5.41) is 17.7. The quantitative estimate of drug-likeness (QED) is 0.895. The zero-order valence-electron chi connectivity index (χ0n) is 10.1. The fourth-order valence-electron chi connectivity index (χ4n) is 2.28. The first-order valence-corrected chi connectivity index (χ1v) is 6.20. The molecule has 1 aliphatic rings. The first kappa shape index (κ1) is 12.8. The average Bonchev–Trinajstić information content (AvgIpc) is 2.42. The van der Waals surface area contributed by atoms with Crippen molar-refractivity contribution in [2.24, 2.45) is 5.92 Å². The van der Waals surface area contributed by atoms with E-state index in [-0.39, 0.29) is 18.5 Å². The van der Waals surface area contributed by atoms with Crippen molar-refractivity contribution in [2.75, 3.05) is 6.61 Å². The molecule has 0 aliphatic heterocycles. The minimum Gasteiger partial charge on any atom is -0.487 e. The van der Waals surface area contributed by atoms with Gasteiger partial charge in [0.15, 0.2) is 11.6 Å². The van der Waals surface area contributed by atoms with Crippen LogP contribution in [0.25, 0.3) is 0 Å². The molecule has 0 radical (unpaired) electrons. The second-order valence-corrected chi connectivity index (χ2v) is 4.70. The molecule has 0 saturated heterocycles. The Balaban J connectivity index is 1.96. The lowest BCUT2D eigenvalue weighted by Gasteiger charge is -2.27. The van der Waals surface area contributed by atoms with Crippen molar-refractivity contribution in [1.82, 2.24) is 0 Å². The van der Waals surface area contributed by atoms with Crippen molar-refractivity contribution < 1.29 is 14.2 Å².